The fraction of sp³-hybridized carbons (Fsp3) is 0.600. The van der Waals surface area contributed by atoms with E-state index in [2.05, 4.69) is 47.9 Å². The van der Waals surface area contributed by atoms with E-state index < -0.39 is 0 Å². The molecule has 136 valence electrons. The van der Waals surface area contributed by atoms with Gasteiger partial charge in [0.25, 0.3) is 0 Å². The summed E-state index contributed by atoms with van der Waals surface area (Å²) in [5, 5.41) is 6.74. The molecule has 1 saturated carbocycles. The summed E-state index contributed by atoms with van der Waals surface area (Å²) in [4.78, 5) is 18.4. The highest BCUT2D eigenvalue weighted by Gasteiger charge is 2.43. The molecular formula is C20H30N4O. The molecule has 1 aliphatic carbocycles. The van der Waals surface area contributed by atoms with Crippen LogP contribution in [0.1, 0.15) is 44.6 Å². The number of amides is 1. The molecule has 0 bridgehead atoms. The number of nitrogens with one attached hydrogen (secondary N) is 2. The van der Waals surface area contributed by atoms with Crippen molar-refractivity contribution in [2.75, 3.05) is 32.7 Å². The van der Waals surface area contributed by atoms with Gasteiger partial charge in [-0.25, -0.2) is 0 Å². The first-order valence-corrected chi connectivity index (χ1v) is 9.59. The molecule has 1 aliphatic heterocycles. The maximum Gasteiger partial charge on any atom is 0.222 e. The molecule has 1 saturated heterocycles. The highest BCUT2D eigenvalue weighted by atomic mass is 16.2. The lowest BCUT2D eigenvalue weighted by Crippen LogP contribution is -2.39. The van der Waals surface area contributed by atoms with Gasteiger partial charge in [-0.3, -0.25) is 9.79 Å². The average molecular weight is 342 g/mol. The Kier molecular flexibility index (Phi) is 5.95. The van der Waals surface area contributed by atoms with Gasteiger partial charge in [0, 0.05) is 38.0 Å². The van der Waals surface area contributed by atoms with E-state index in [1.807, 2.05) is 4.90 Å². The van der Waals surface area contributed by atoms with Crippen LogP contribution >= 0.6 is 0 Å². The van der Waals surface area contributed by atoms with E-state index in [-0.39, 0.29) is 5.41 Å². The van der Waals surface area contributed by atoms with Crippen LogP contribution in [0.2, 0.25) is 0 Å². The SMILES string of the molecule is CCNC(=NCC1(c2ccccc2)CC1)NCCCN1CCCC1=O. The predicted octanol–water partition coefficient (Wildman–Crippen LogP) is 2.29. The topological polar surface area (TPSA) is 56.7 Å². The van der Waals surface area contributed by atoms with Gasteiger partial charge in [-0.1, -0.05) is 30.3 Å². The van der Waals surface area contributed by atoms with Gasteiger partial charge < -0.3 is 15.5 Å². The molecule has 0 radical (unpaired) electrons. The van der Waals surface area contributed by atoms with Gasteiger partial charge in [0.1, 0.15) is 0 Å². The van der Waals surface area contributed by atoms with Crippen LogP contribution in [0, 0.1) is 0 Å². The van der Waals surface area contributed by atoms with Gasteiger partial charge in [0.05, 0.1) is 6.54 Å². The van der Waals surface area contributed by atoms with Crippen LogP contribution in [0.15, 0.2) is 35.3 Å². The van der Waals surface area contributed by atoms with E-state index in [1.54, 1.807) is 0 Å². The summed E-state index contributed by atoms with van der Waals surface area (Å²) >= 11 is 0. The number of hydrogen-bond acceptors (Lipinski definition) is 2. The lowest BCUT2D eigenvalue weighted by molar-refractivity contribution is -0.127. The van der Waals surface area contributed by atoms with Crippen molar-refractivity contribution in [1.29, 1.82) is 0 Å². The Labute approximate surface area is 150 Å². The second kappa shape index (κ2) is 8.37. The third kappa shape index (κ3) is 4.74. The molecule has 5 heteroatoms. The van der Waals surface area contributed by atoms with Gasteiger partial charge in [-0.15, -0.1) is 0 Å². The van der Waals surface area contributed by atoms with Gasteiger partial charge in [0.15, 0.2) is 5.96 Å². The summed E-state index contributed by atoms with van der Waals surface area (Å²) in [5.41, 5.74) is 1.65. The number of carbonyl (C=O) groups is 1. The van der Waals surface area contributed by atoms with Crippen LogP contribution in [-0.4, -0.2) is 49.5 Å². The van der Waals surface area contributed by atoms with E-state index in [1.165, 1.54) is 18.4 Å². The van der Waals surface area contributed by atoms with Gasteiger partial charge >= 0.3 is 0 Å². The second-order valence-corrected chi connectivity index (χ2v) is 7.11. The molecule has 2 aliphatic rings. The van der Waals surface area contributed by atoms with Gasteiger partial charge in [-0.05, 0) is 38.2 Å². The Morgan fingerprint density at radius 1 is 1.24 bits per heavy atom. The zero-order chi connectivity index (χ0) is 17.5. The van der Waals surface area contributed by atoms with Crippen LogP contribution in [0.3, 0.4) is 0 Å². The van der Waals surface area contributed by atoms with Crippen LogP contribution < -0.4 is 10.6 Å². The summed E-state index contributed by atoms with van der Waals surface area (Å²) in [6.45, 7) is 6.38. The molecule has 1 aromatic carbocycles. The molecule has 1 heterocycles. The number of nitrogens with zero attached hydrogens (tertiary/aromatic N) is 2. The third-order valence-corrected chi connectivity index (χ3v) is 5.19. The normalized spacial score (nSPS) is 19.2. The lowest BCUT2D eigenvalue weighted by Gasteiger charge is -2.18. The molecule has 0 aromatic heterocycles. The summed E-state index contributed by atoms with van der Waals surface area (Å²) < 4.78 is 0. The second-order valence-electron chi connectivity index (χ2n) is 7.11. The largest absolute Gasteiger partial charge is 0.357 e. The average Bonchev–Trinajstić information content (AvgIpc) is 3.33. The number of rotatable bonds is 8. The molecule has 2 fully saturated rings. The molecule has 25 heavy (non-hydrogen) atoms. The summed E-state index contributed by atoms with van der Waals surface area (Å²) in [6, 6.07) is 10.7. The number of guanidine groups is 1. The van der Waals surface area contributed by atoms with E-state index in [0.29, 0.717) is 5.91 Å². The minimum absolute atomic E-state index is 0.242. The van der Waals surface area contributed by atoms with Crippen molar-refractivity contribution in [2.24, 2.45) is 4.99 Å². The smallest absolute Gasteiger partial charge is 0.222 e. The molecule has 5 nitrogen and oxygen atoms in total. The van der Waals surface area contributed by atoms with Crippen molar-refractivity contribution >= 4 is 11.9 Å². The first-order valence-electron chi connectivity index (χ1n) is 9.59. The fourth-order valence-electron chi connectivity index (χ4n) is 3.47. The number of aliphatic imine (C=N–C) groups is 1. The maximum absolute atomic E-state index is 11.6. The lowest BCUT2D eigenvalue weighted by atomic mass is 9.96. The molecule has 3 rings (SSSR count). The number of benzene rings is 1. The highest BCUT2D eigenvalue weighted by Crippen LogP contribution is 2.48. The standard InChI is InChI=1S/C20H30N4O/c1-2-21-19(22-13-7-15-24-14-6-10-18(24)25)23-16-20(11-12-20)17-8-4-3-5-9-17/h3-5,8-9H,2,6-7,10-16H2,1H3,(H2,21,22,23). The number of likely N-dealkylation sites (tertiary alicyclic amines) is 1. The Morgan fingerprint density at radius 3 is 2.68 bits per heavy atom. The first-order chi connectivity index (χ1) is 12.2. The first kappa shape index (κ1) is 17.8. The molecule has 1 amide bonds. The van der Waals surface area contributed by atoms with Crippen molar-refractivity contribution < 1.29 is 4.79 Å². The summed E-state index contributed by atoms with van der Waals surface area (Å²) in [7, 11) is 0. The Balaban J connectivity index is 1.47. The fourth-order valence-corrected chi connectivity index (χ4v) is 3.47. The Morgan fingerprint density at radius 2 is 2.04 bits per heavy atom. The van der Waals surface area contributed by atoms with Crippen LogP contribution in [0.4, 0.5) is 0 Å². The monoisotopic (exact) mass is 342 g/mol. The summed E-state index contributed by atoms with van der Waals surface area (Å²) in [6.07, 6.45) is 5.13. The van der Waals surface area contributed by atoms with E-state index in [0.717, 1.165) is 57.9 Å². The van der Waals surface area contributed by atoms with Crippen LogP contribution in [0.25, 0.3) is 0 Å². The molecule has 0 unspecified atom stereocenters. The van der Waals surface area contributed by atoms with Gasteiger partial charge in [-0.2, -0.15) is 0 Å². The zero-order valence-corrected chi connectivity index (χ0v) is 15.3. The van der Waals surface area contributed by atoms with E-state index in [9.17, 15) is 4.79 Å². The van der Waals surface area contributed by atoms with Gasteiger partial charge in [0.2, 0.25) is 5.91 Å². The molecule has 0 spiro atoms. The zero-order valence-electron chi connectivity index (χ0n) is 15.3. The molecule has 1 aromatic rings. The maximum atomic E-state index is 11.6. The predicted molar refractivity (Wildman–Crippen MR) is 102 cm³/mol. The van der Waals surface area contributed by atoms with E-state index in [4.69, 9.17) is 4.99 Å². The van der Waals surface area contributed by atoms with Crippen molar-refractivity contribution in [3.8, 4) is 0 Å². The minimum Gasteiger partial charge on any atom is -0.357 e. The summed E-state index contributed by atoms with van der Waals surface area (Å²) in [5.74, 6) is 1.19. The Bertz CT molecular complexity index is 595. The molecule has 2 N–H and O–H groups in total. The van der Waals surface area contributed by atoms with Crippen molar-refractivity contribution in [1.82, 2.24) is 15.5 Å². The van der Waals surface area contributed by atoms with E-state index >= 15 is 0 Å². The quantitative estimate of drug-likeness (QED) is 0.433. The number of hydrogen-bond donors (Lipinski definition) is 2. The minimum atomic E-state index is 0.242. The molecular weight excluding hydrogens is 312 g/mol. The van der Waals surface area contributed by atoms with Crippen LogP contribution in [-0.2, 0) is 10.2 Å². The van der Waals surface area contributed by atoms with Crippen LogP contribution in [0.5, 0.6) is 0 Å². The van der Waals surface area contributed by atoms with Crippen molar-refractivity contribution in [3.63, 3.8) is 0 Å². The molecule has 0 atom stereocenters. The number of carbonyl (C=O) groups excluding carboxylic acids is 1. The van der Waals surface area contributed by atoms with Crippen molar-refractivity contribution in [2.45, 2.75) is 44.4 Å². The Hall–Kier alpha value is -2.04. The van der Waals surface area contributed by atoms with Crippen molar-refractivity contribution in [3.05, 3.63) is 35.9 Å². The highest BCUT2D eigenvalue weighted by molar-refractivity contribution is 5.80. The third-order valence-electron chi connectivity index (χ3n) is 5.19.